The van der Waals surface area contributed by atoms with Gasteiger partial charge in [-0.15, -0.1) is 11.3 Å². The second-order valence-corrected chi connectivity index (χ2v) is 12.3. The molecule has 0 aliphatic carbocycles. The van der Waals surface area contributed by atoms with E-state index in [-0.39, 0.29) is 0 Å². The Morgan fingerprint density at radius 1 is 0.426 bits per heavy atom. The van der Waals surface area contributed by atoms with Gasteiger partial charge >= 0.3 is 0 Å². The van der Waals surface area contributed by atoms with Crippen molar-refractivity contribution in [2.75, 3.05) is 0 Å². The Morgan fingerprint density at radius 3 is 1.68 bits per heavy atom. The number of hydrogen-bond donors (Lipinski definition) is 0. The number of hydrogen-bond acceptors (Lipinski definition) is 7. The van der Waals surface area contributed by atoms with Crippen LogP contribution in [0.25, 0.3) is 87.8 Å². The zero-order chi connectivity index (χ0) is 31.2. The summed E-state index contributed by atoms with van der Waals surface area (Å²) >= 11 is 1.62. The van der Waals surface area contributed by atoms with Crippen molar-refractivity contribution in [3.8, 4) is 56.5 Å². The lowest BCUT2D eigenvalue weighted by Gasteiger charge is -2.09. The van der Waals surface area contributed by atoms with Gasteiger partial charge in [-0.2, -0.15) is 0 Å². The summed E-state index contributed by atoms with van der Waals surface area (Å²) in [5, 5.41) is 3.46. The molecule has 0 radical (unpaired) electrons. The lowest BCUT2D eigenvalue weighted by atomic mass is 10.0. The lowest BCUT2D eigenvalue weighted by Crippen LogP contribution is -2.00. The van der Waals surface area contributed by atoms with E-state index in [0.29, 0.717) is 17.5 Å². The molecule has 4 aromatic heterocycles. The molecule has 0 bridgehead atoms. The molecular weight excluding hydrogens is 597 g/mol. The molecule has 5 aromatic carbocycles. The van der Waals surface area contributed by atoms with Crippen LogP contribution in [0.15, 0.2) is 146 Å². The van der Waals surface area contributed by atoms with Crippen LogP contribution >= 0.6 is 11.3 Å². The smallest absolute Gasteiger partial charge is 0.164 e. The Labute approximate surface area is 274 Å². The monoisotopic (exact) mass is 620 g/mol. The van der Waals surface area contributed by atoms with E-state index in [1.807, 2.05) is 79.0 Å². The molecule has 220 valence electrons. The Hall–Kier alpha value is -6.18. The molecule has 0 aliphatic rings. The van der Waals surface area contributed by atoms with Crippen molar-refractivity contribution in [1.82, 2.24) is 29.9 Å². The van der Waals surface area contributed by atoms with Gasteiger partial charge in [0, 0.05) is 39.4 Å². The number of fused-ring (bicyclic) bond motifs is 4. The third-order valence-corrected chi connectivity index (χ3v) is 9.42. The summed E-state index contributed by atoms with van der Waals surface area (Å²) in [4.78, 5) is 29.8. The maximum absolute atomic E-state index is 4.88. The summed E-state index contributed by atoms with van der Waals surface area (Å²) in [5.41, 5.74) is 7.75. The summed E-state index contributed by atoms with van der Waals surface area (Å²) < 4.78 is 1.01. The second-order valence-electron chi connectivity index (χ2n) is 11.3. The molecule has 0 spiro atoms. The minimum Gasteiger partial charge on any atom is -0.245 e. The quantitative estimate of drug-likeness (QED) is 0.191. The van der Waals surface area contributed by atoms with Crippen molar-refractivity contribution in [2.45, 2.75) is 0 Å². The van der Waals surface area contributed by atoms with E-state index < -0.39 is 0 Å². The van der Waals surface area contributed by atoms with Crippen molar-refractivity contribution in [3.05, 3.63) is 146 Å². The van der Waals surface area contributed by atoms with Gasteiger partial charge in [-0.25, -0.2) is 29.9 Å². The highest BCUT2D eigenvalue weighted by Gasteiger charge is 2.16. The molecule has 9 rings (SSSR count). The van der Waals surface area contributed by atoms with Crippen molar-refractivity contribution in [3.63, 3.8) is 0 Å². The zero-order valence-corrected chi connectivity index (χ0v) is 25.8. The first-order valence-electron chi connectivity index (χ1n) is 15.3. The maximum Gasteiger partial charge on any atom is 0.164 e. The number of aromatic nitrogens is 6. The van der Waals surface area contributed by atoms with Gasteiger partial charge in [-0.3, -0.25) is 0 Å². The first kappa shape index (κ1) is 27.2. The topological polar surface area (TPSA) is 77.3 Å². The normalized spacial score (nSPS) is 11.4. The molecule has 0 fully saturated rings. The van der Waals surface area contributed by atoms with Gasteiger partial charge in [0.25, 0.3) is 0 Å². The predicted octanol–water partition coefficient (Wildman–Crippen LogP) is 9.91. The van der Waals surface area contributed by atoms with E-state index in [9.17, 15) is 0 Å². The largest absolute Gasteiger partial charge is 0.245 e. The van der Waals surface area contributed by atoms with Crippen LogP contribution in [0.3, 0.4) is 0 Å². The number of thiophene rings is 1. The fraction of sp³-hybridized carbons (Fsp3) is 0. The molecule has 6 nitrogen and oxygen atoms in total. The first-order valence-corrected chi connectivity index (χ1v) is 16.1. The second kappa shape index (κ2) is 11.3. The van der Waals surface area contributed by atoms with Crippen LogP contribution < -0.4 is 0 Å². The third-order valence-electron chi connectivity index (χ3n) is 8.31. The van der Waals surface area contributed by atoms with Crippen LogP contribution in [0.1, 0.15) is 0 Å². The molecule has 0 atom stereocenters. The summed E-state index contributed by atoms with van der Waals surface area (Å²) in [6.45, 7) is 0. The summed E-state index contributed by atoms with van der Waals surface area (Å²) in [5.74, 6) is 1.89. The molecule has 0 aliphatic heterocycles. The Morgan fingerprint density at radius 2 is 1.00 bits per heavy atom. The standard InChI is InChI=1S/C40H24N6S/c1-3-10-27(11-4-1)37-44-38(28-12-5-2-6-13-28)46-39(45-37)29-18-16-26(17-19-29)34-36-35(43-24-42-34)33-22-32(23-41-40(33)47-36)31-20-15-25-9-7-8-14-30(25)21-31/h1-24H. The van der Waals surface area contributed by atoms with Crippen LogP contribution in [-0.4, -0.2) is 29.9 Å². The van der Waals surface area contributed by atoms with E-state index >= 15 is 0 Å². The zero-order valence-electron chi connectivity index (χ0n) is 24.9. The molecule has 0 saturated carbocycles. The van der Waals surface area contributed by atoms with Crippen LogP contribution in [0.4, 0.5) is 0 Å². The van der Waals surface area contributed by atoms with Crippen LogP contribution in [0, 0.1) is 0 Å². The van der Waals surface area contributed by atoms with Crippen molar-refractivity contribution in [1.29, 1.82) is 0 Å². The third kappa shape index (κ3) is 4.99. The molecular formula is C40H24N6S. The fourth-order valence-corrected chi connectivity index (χ4v) is 7.00. The molecule has 47 heavy (non-hydrogen) atoms. The van der Waals surface area contributed by atoms with Gasteiger partial charge in [-0.05, 0) is 28.5 Å². The van der Waals surface area contributed by atoms with E-state index in [1.165, 1.54) is 10.8 Å². The van der Waals surface area contributed by atoms with Crippen molar-refractivity contribution in [2.24, 2.45) is 0 Å². The van der Waals surface area contributed by atoms with Gasteiger partial charge in [0.05, 0.1) is 15.9 Å². The highest BCUT2D eigenvalue weighted by atomic mass is 32.1. The Kier molecular flexibility index (Phi) is 6.54. The van der Waals surface area contributed by atoms with Gasteiger partial charge in [0.1, 0.15) is 11.2 Å². The van der Waals surface area contributed by atoms with Gasteiger partial charge in [0.15, 0.2) is 17.5 Å². The first-order chi connectivity index (χ1) is 23.3. The number of pyridine rings is 1. The number of benzene rings is 5. The summed E-state index contributed by atoms with van der Waals surface area (Å²) in [6.07, 6.45) is 3.59. The lowest BCUT2D eigenvalue weighted by molar-refractivity contribution is 1.07. The summed E-state index contributed by atoms with van der Waals surface area (Å²) in [6, 6.07) is 45.4. The Balaban J connectivity index is 1.10. The minimum absolute atomic E-state index is 0.615. The van der Waals surface area contributed by atoms with E-state index in [4.69, 9.17) is 29.9 Å². The molecule has 0 N–H and O–H groups in total. The molecule has 0 unspecified atom stereocenters. The molecule has 0 amide bonds. The molecule has 9 aromatic rings. The average Bonchev–Trinajstić information content (AvgIpc) is 3.53. The summed E-state index contributed by atoms with van der Waals surface area (Å²) in [7, 11) is 0. The SMILES string of the molecule is c1ccc(-c2nc(-c3ccccc3)nc(-c3ccc(-c4ncnc5c4sc4ncc(-c6ccc7ccccc7c6)cc45)cc3)n2)cc1. The fourth-order valence-electron chi connectivity index (χ4n) is 5.91. The van der Waals surface area contributed by atoms with E-state index in [0.717, 1.165) is 59.5 Å². The van der Waals surface area contributed by atoms with E-state index in [1.54, 1.807) is 17.7 Å². The van der Waals surface area contributed by atoms with Crippen molar-refractivity contribution >= 4 is 42.5 Å². The van der Waals surface area contributed by atoms with Gasteiger partial charge in [0.2, 0.25) is 0 Å². The highest BCUT2D eigenvalue weighted by Crippen LogP contribution is 2.39. The Bertz CT molecular complexity index is 2510. The molecule has 4 heterocycles. The average molecular weight is 621 g/mol. The van der Waals surface area contributed by atoms with E-state index in [2.05, 4.69) is 60.7 Å². The van der Waals surface area contributed by atoms with Gasteiger partial charge < -0.3 is 0 Å². The van der Waals surface area contributed by atoms with Crippen LogP contribution in [-0.2, 0) is 0 Å². The van der Waals surface area contributed by atoms with Crippen LogP contribution in [0.2, 0.25) is 0 Å². The highest BCUT2D eigenvalue weighted by molar-refractivity contribution is 7.25. The number of rotatable bonds is 5. The van der Waals surface area contributed by atoms with Crippen molar-refractivity contribution < 1.29 is 0 Å². The predicted molar refractivity (Wildman–Crippen MR) is 191 cm³/mol. The molecule has 0 saturated heterocycles. The molecule has 7 heteroatoms. The minimum atomic E-state index is 0.615. The maximum atomic E-state index is 4.88. The van der Waals surface area contributed by atoms with Gasteiger partial charge in [-0.1, -0.05) is 121 Å². The number of nitrogens with zero attached hydrogens (tertiary/aromatic N) is 6. The van der Waals surface area contributed by atoms with Crippen LogP contribution in [0.5, 0.6) is 0 Å².